The molecule has 0 unspecified atom stereocenters. The van der Waals surface area contributed by atoms with E-state index in [9.17, 15) is 0 Å². The molecule has 2 aromatic rings. The van der Waals surface area contributed by atoms with Crippen molar-refractivity contribution in [2.45, 2.75) is 19.8 Å². The van der Waals surface area contributed by atoms with Crippen LogP contribution in [-0.4, -0.2) is 7.11 Å². The van der Waals surface area contributed by atoms with Crippen molar-refractivity contribution in [1.29, 1.82) is 0 Å². The topological polar surface area (TPSA) is 9.23 Å². The molecular formula is C16H18O. The molecule has 0 aliphatic carbocycles. The third kappa shape index (κ3) is 2.88. The zero-order valence-corrected chi connectivity index (χ0v) is 10.4. The molecule has 1 heteroatoms. The molecule has 0 atom stereocenters. The smallest absolute Gasteiger partial charge is 0.119 e. The van der Waals surface area contributed by atoms with Gasteiger partial charge in [-0.3, -0.25) is 0 Å². The van der Waals surface area contributed by atoms with Crippen molar-refractivity contribution in [2.75, 3.05) is 7.11 Å². The highest BCUT2D eigenvalue weighted by molar-refractivity contribution is 5.38. The van der Waals surface area contributed by atoms with Gasteiger partial charge in [0.1, 0.15) is 5.75 Å². The van der Waals surface area contributed by atoms with E-state index >= 15 is 0 Å². The van der Waals surface area contributed by atoms with E-state index in [4.69, 9.17) is 4.74 Å². The molecule has 0 aliphatic rings. The maximum Gasteiger partial charge on any atom is 0.119 e. The van der Waals surface area contributed by atoms with Gasteiger partial charge in [-0.2, -0.15) is 0 Å². The average molecular weight is 226 g/mol. The summed E-state index contributed by atoms with van der Waals surface area (Å²) in [5.41, 5.74) is 4.11. The van der Waals surface area contributed by atoms with Gasteiger partial charge in [-0.05, 0) is 41.7 Å². The molecule has 0 amide bonds. The summed E-state index contributed by atoms with van der Waals surface area (Å²) in [5, 5.41) is 0. The Morgan fingerprint density at radius 2 is 1.71 bits per heavy atom. The number of ether oxygens (including phenoxy) is 1. The zero-order valence-electron chi connectivity index (χ0n) is 10.4. The van der Waals surface area contributed by atoms with Gasteiger partial charge in [-0.25, -0.2) is 0 Å². The first kappa shape index (κ1) is 11.7. The predicted octanol–water partition coefficient (Wildman–Crippen LogP) is 3.85. The van der Waals surface area contributed by atoms with Gasteiger partial charge in [0.2, 0.25) is 0 Å². The molecule has 1 nitrogen and oxygen atoms in total. The van der Waals surface area contributed by atoms with Gasteiger partial charge < -0.3 is 4.74 Å². The summed E-state index contributed by atoms with van der Waals surface area (Å²) < 4.78 is 5.26. The van der Waals surface area contributed by atoms with Gasteiger partial charge in [0.25, 0.3) is 0 Å². The zero-order chi connectivity index (χ0) is 12.1. The summed E-state index contributed by atoms with van der Waals surface area (Å²) in [4.78, 5) is 0. The molecule has 0 N–H and O–H groups in total. The van der Waals surface area contributed by atoms with Crippen molar-refractivity contribution in [2.24, 2.45) is 0 Å². The fourth-order valence-electron chi connectivity index (χ4n) is 2.05. The van der Waals surface area contributed by atoms with E-state index in [0.29, 0.717) is 0 Å². The molecule has 0 radical (unpaired) electrons. The van der Waals surface area contributed by atoms with E-state index in [1.807, 2.05) is 6.07 Å². The molecule has 0 heterocycles. The quantitative estimate of drug-likeness (QED) is 0.769. The number of benzene rings is 2. The molecule has 0 aromatic heterocycles. The Labute approximate surface area is 103 Å². The van der Waals surface area contributed by atoms with Crippen LogP contribution in [0, 0.1) is 0 Å². The van der Waals surface area contributed by atoms with Crippen molar-refractivity contribution in [3.05, 3.63) is 65.2 Å². The summed E-state index contributed by atoms with van der Waals surface area (Å²) in [6.07, 6.45) is 2.04. The van der Waals surface area contributed by atoms with Crippen LogP contribution in [0.4, 0.5) is 0 Å². The molecule has 88 valence electrons. The van der Waals surface area contributed by atoms with Crippen molar-refractivity contribution < 1.29 is 4.74 Å². The maximum atomic E-state index is 5.26. The van der Waals surface area contributed by atoms with Gasteiger partial charge in [0.05, 0.1) is 7.11 Å². The van der Waals surface area contributed by atoms with Gasteiger partial charge in [0, 0.05) is 0 Å². The largest absolute Gasteiger partial charge is 0.497 e. The highest BCUT2D eigenvalue weighted by Gasteiger charge is 2.03. The summed E-state index contributed by atoms with van der Waals surface area (Å²) >= 11 is 0. The second kappa shape index (κ2) is 5.53. The molecule has 17 heavy (non-hydrogen) atoms. The van der Waals surface area contributed by atoms with Gasteiger partial charge in [-0.15, -0.1) is 0 Å². The minimum absolute atomic E-state index is 0.943. The van der Waals surface area contributed by atoms with Gasteiger partial charge >= 0.3 is 0 Å². The first-order valence-corrected chi connectivity index (χ1v) is 6.03. The monoisotopic (exact) mass is 226 g/mol. The van der Waals surface area contributed by atoms with Crippen molar-refractivity contribution in [3.63, 3.8) is 0 Å². The molecule has 0 aliphatic heterocycles. The van der Waals surface area contributed by atoms with Crippen LogP contribution in [0.3, 0.4) is 0 Å². The van der Waals surface area contributed by atoms with E-state index in [-0.39, 0.29) is 0 Å². The Kier molecular flexibility index (Phi) is 3.81. The van der Waals surface area contributed by atoms with E-state index in [2.05, 4.69) is 49.4 Å². The molecule has 0 spiro atoms. The van der Waals surface area contributed by atoms with Crippen LogP contribution in [0.5, 0.6) is 5.75 Å². The fourth-order valence-corrected chi connectivity index (χ4v) is 2.05. The Morgan fingerprint density at radius 3 is 2.35 bits per heavy atom. The summed E-state index contributed by atoms with van der Waals surface area (Å²) in [5.74, 6) is 0.943. The van der Waals surface area contributed by atoms with Crippen molar-refractivity contribution >= 4 is 0 Å². The van der Waals surface area contributed by atoms with Crippen molar-refractivity contribution in [1.82, 2.24) is 0 Å². The molecule has 0 saturated carbocycles. The van der Waals surface area contributed by atoms with Crippen molar-refractivity contribution in [3.8, 4) is 5.75 Å². The van der Waals surface area contributed by atoms with Crippen LogP contribution < -0.4 is 4.74 Å². The van der Waals surface area contributed by atoms with Crippen LogP contribution in [-0.2, 0) is 12.8 Å². The maximum absolute atomic E-state index is 5.26. The Balaban J connectivity index is 2.26. The van der Waals surface area contributed by atoms with E-state index < -0.39 is 0 Å². The molecule has 2 rings (SSSR count). The van der Waals surface area contributed by atoms with Crippen LogP contribution in [0.1, 0.15) is 23.6 Å². The number of hydrogen-bond acceptors (Lipinski definition) is 1. The van der Waals surface area contributed by atoms with Crippen LogP contribution in [0.25, 0.3) is 0 Å². The van der Waals surface area contributed by atoms with E-state index in [1.54, 1.807) is 7.11 Å². The average Bonchev–Trinajstić information content (AvgIpc) is 2.40. The standard InChI is InChI=1S/C16H18O/c1-3-14-12-16(17-2)10-9-15(14)11-13-7-5-4-6-8-13/h4-10,12H,3,11H2,1-2H3. The normalized spacial score (nSPS) is 10.2. The first-order chi connectivity index (χ1) is 8.33. The number of methoxy groups -OCH3 is 1. The molecule has 0 fully saturated rings. The second-order valence-corrected chi connectivity index (χ2v) is 4.15. The summed E-state index contributed by atoms with van der Waals surface area (Å²) in [6.45, 7) is 2.18. The third-order valence-corrected chi connectivity index (χ3v) is 3.03. The number of hydrogen-bond donors (Lipinski definition) is 0. The molecule has 2 aromatic carbocycles. The summed E-state index contributed by atoms with van der Waals surface area (Å²) in [6, 6.07) is 16.9. The van der Waals surface area contributed by atoms with Gasteiger partial charge in [-0.1, -0.05) is 43.3 Å². The first-order valence-electron chi connectivity index (χ1n) is 6.03. The summed E-state index contributed by atoms with van der Waals surface area (Å²) in [7, 11) is 1.71. The number of rotatable bonds is 4. The molecule has 0 bridgehead atoms. The number of aryl methyl sites for hydroxylation is 1. The van der Waals surface area contributed by atoms with E-state index in [0.717, 1.165) is 18.6 Å². The fraction of sp³-hybridized carbons (Fsp3) is 0.250. The molecular weight excluding hydrogens is 208 g/mol. The lowest BCUT2D eigenvalue weighted by Crippen LogP contribution is -1.95. The minimum Gasteiger partial charge on any atom is -0.497 e. The lowest BCUT2D eigenvalue weighted by molar-refractivity contribution is 0.414. The lowest BCUT2D eigenvalue weighted by Gasteiger charge is -2.10. The van der Waals surface area contributed by atoms with Gasteiger partial charge in [0.15, 0.2) is 0 Å². The second-order valence-electron chi connectivity index (χ2n) is 4.15. The van der Waals surface area contributed by atoms with Crippen LogP contribution in [0.15, 0.2) is 48.5 Å². The SMILES string of the molecule is CCc1cc(OC)ccc1Cc1ccccc1. The van der Waals surface area contributed by atoms with Crippen LogP contribution >= 0.6 is 0 Å². The minimum atomic E-state index is 0.943. The highest BCUT2D eigenvalue weighted by atomic mass is 16.5. The lowest BCUT2D eigenvalue weighted by atomic mass is 9.98. The van der Waals surface area contributed by atoms with E-state index in [1.165, 1.54) is 16.7 Å². The Hall–Kier alpha value is -1.76. The molecule has 0 saturated heterocycles. The van der Waals surface area contributed by atoms with Crippen LogP contribution in [0.2, 0.25) is 0 Å². The third-order valence-electron chi connectivity index (χ3n) is 3.03. The Bertz CT molecular complexity index is 474. The predicted molar refractivity (Wildman–Crippen MR) is 71.6 cm³/mol. The Morgan fingerprint density at radius 1 is 0.941 bits per heavy atom. The highest BCUT2D eigenvalue weighted by Crippen LogP contribution is 2.20.